The Morgan fingerprint density at radius 1 is 1.32 bits per heavy atom. The van der Waals surface area contributed by atoms with E-state index in [1.165, 1.54) is 29.4 Å². The topological polar surface area (TPSA) is 62.5 Å². The molecular weight excluding hydrogens is 457 g/mol. The molecule has 0 spiro atoms. The summed E-state index contributed by atoms with van der Waals surface area (Å²) in [5.41, 5.74) is -1.91. The molecule has 0 saturated carbocycles. The highest BCUT2D eigenvalue weighted by molar-refractivity contribution is 7.97. The van der Waals surface area contributed by atoms with Crippen molar-refractivity contribution in [3.63, 3.8) is 0 Å². The van der Waals surface area contributed by atoms with Crippen molar-refractivity contribution in [1.82, 2.24) is 19.3 Å². The Morgan fingerprint density at radius 3 is 2.61 bits per heavy atom. The number of aryl methyl sites for hydroxylation is 1. The number of aliphatic hydroxyl groups is 1. The van der Waals surface area contributed by atoms with E-state index >= 15 is 0 Å². The van der Waals surface area contributed by atoms with E-state index in [0.717, 1.165) is 36.2 Å². The molecule has 0 fully saturated rings. The quantitative estimate of drug-likeness (QED) is 0.283. The lowest BCUT2D eigenvalue weighted by atomic mass is 10.1. The molecule has 0 aliphatic carbocycles. The summed E-state index contributed by atoms with van der Waals surface area (Å²) in [5.74, 6) is 0. The SMILES string of the molecule is CCCC(CC)NSc1cc(-c2c(C)nc3sc(C(C)(C)O)nn23)ccc1C(F)(F)P. The number of halogens is 2. The molecule has 170 valence electrons. The van der Waals surface area contributed by atoms with Crippen LogP contribution in [0.4, 0.5) is 8.78 Å². The Morgan fingerprint density at radius 2 is 2.03 bits per heavy atom. The van der Waals surface area contributed by atoms with E-state index in [0.29, 0.717) is 14.9 Å². The molecule has 0 amide bonds. The van der Waals surface area contributed by atoms with Crippen LogP contribution in [0.5, 0.6) is 0 Å². The minimum absolute atomic E-state index is 0.0426. The summed E-state index contributed by atoms with van der Waals surface area (Å²) >= 11 is 2.57. The number of hydrogen-bond acceptors (Lipinski definition) is 6. The van der Waals surface area contributed by atoms with E-state index in [4.69, 9.17) is 0 Å². The minimum Gasteiger partial charge on any atom is -0.383 e. The number of aromatic nitrogens is 3. The van der Waals surface area contributed by atoms with Crippen LogP contribution in [0.15, 0.2) is 23.1 Å². The molecule has 2 unspecified atom stereocenters. The Hall–Kier alpha value is -1.12. The largest absolute Gasteiger partial charge is 0.383 e. The average Bonchev–Trinajstić information content (AvgIpc) is 3.20. The van der Waals surface area contributed by atoms with Crippen LogP contribution in [-0.4, -0.2) is 25.7 Å². The zero-order chi connectivity index (χ0) is 23.0. The van der Waals surface area contributed by atoms with E-state index in [2.05, 4.69) is 28.7 Å². The Labute approximate surface area is 192 Å². The number of hydrogen-bond donors (Lipinski definition) is 2. The van der Waals surface area contributed by atoms with Crippen molar-refractivity contribution in [2.45, 2.75) is 76.1 Å². The first kappa shape index (κ1) is 24.5. The lowest BCUT2D eigenvalue weighted by Crippen LogP contribution is -2.22. The van der Waals surface area contributed by atoms with Gasteiger partial charge in [0, 0.05) is 22.1 Å². The Kier molecular flexibility index (Phi) is 7.43. The standard InChI is InChI=1S/C21H29F2N4OPS2/c1-6-8-14(7-2)26-31-16-11-13(9-10-15(16)21(22,23)29)17-12(3)24-19-27(17)25-18(30-19)20(4,5)28/h9-11,14,26,28H,6-8,29H2,1-5H3. The Balaban J connectivity index is 2.06. The van der Waals surface area contributed by atoms with Gasteiger partial charge in [-0.1, -0.05) is 53.0 Å². The van der Waals surface area contributed by atoms with Gasteiger partial charge in [0.1, 0.15) is 10.6 Å². The monoisotopic (exact) mass is 486 g/mol. The summed E-state index contributed by atoms with van der Waals surface area (Å²) in [6.07, 6.45) is 2.93. The summed E-state index contributed by atoms with van der Waals surface area (Å²) in [7, 11) is 1.63. The number of benzene rings is 1. The zero-order valence-corrected chi connectivity index (χ0v) is 21.2. The van der Waals surface area contributed by atoms with E-state index in [1.54, 1.807) is 39.7 Å². The van der Waals surface area contributed by atoms with Gasteiger partial charge < -0.3 is 5.11 Å². The van der Waals surface area contributed by atoms with Crippen LogP contribution in [-0.2, 0) is 11.3 Å². The van der Waals surface area contributed by atoms with Gasteiger partial charge in [-0.2, -0.15) is 13.9 Å². The summed E-state index contributed by atoms with van der Waals surface area (Å²) in [6.45, 7) is 9.42. The average molecular weight is 487 g/mol. The van der Waals surface area contributed by atoms with E-state index < -0.39 is 11.3 Å². The molecule has 0 saturated heterocycles. The first-order chi connectivity index (χ1) is 14.5. The summed E-state index contributed by atoms with van der Waals surface area (Å²) in [6, 6.07) is 5.17. The van der Waals surface area contributed by atoms with Crippen molar-refractivity contribution in [3.8, 4) is 11.3 Å². The van der Waals surface area contributed by atoms with Gasteiger partial charge >= 0.3 is 0 Å². The third-order valence-electron chi connectivity index (χ3n) is 4.98. The molecule has 0 radical (unpaired) electrons. The molecule has 2 aromatic heterocycles. The molecule has 1 aromatic carbocycles. The predicted molar refractivity (Wildman–Crippen MR) is 128 cm³/mol. The second-order valence-electron chi connectivity index (χ2n) is 8.15. The Bertz CT molecular complexity index is 1060. The number of imidazole rings is 1. The highest BCUT2D eigenvalue weighted by Gasteiger charge is 2.30. The summed E-state index contributed by atoms with van der Waals surface area (Å²) in [5, 5.41) is 15.4. The van der Waals surface area contributed by atoms with Crippen LogP contribution >= 0.6 is 32.5 Å². The van der Waals surface area contributed by atoms with E-state index in [9.17, 15) is 13.9 Å². The van der Waals surface area contributed by atoms with E-state index in [-0.39, 0.29) is 11.6 Å². The van der Waals surface area contributed by atoms with Gasteiger partial charge in [0.25, 0.3) is 5.66 Å². The van der Waals surface area contributed by atoms with Gasteiger partial charge in [0.05, 0.1) is 11.4 Å². The van der Waals surface area contributed by atoms with Crippen molar-refractivity contribution >= 4 is 37.5 Å². The lowest BCUT2D eigenvalue weighted by Gasteiger charge is -2.20. The third kappa shape index (κ3) is 5.45. The maximum atomic E-state index is 14.3. The molecule has 0 bridgehead atoms. The van der Waals surface area contributed by atoms with Gasteiger partial charge in [-0.05, 0) is 51.6 Å². The number of nitrogens with one attached hydrogen (secondary N) is 1. The van der Waals surface area contributed by atoms with Crippen LogP contribution in [0.3, 0.4) is 0 Å². The summed E-state index contributed by atoms with van der Waals surface area (Å²) in [4.78, 5) is 5.70. The van der Waals surface area contributed by atoms with Crippen molar-refractivity contribution in [1.29, 1.82) is 0 Å². The maximum absolute atomic E-state index is 14.3. The number of rotatable bonds is 9. The zero-order valence-electron chi connectivity index (χ0n) is 18.4. The highest BCUT2D eigenvalue weighted by Crippen LogP contribution is 2.42. The van der Waals surface area contributed by atoms with Crippen LogP contribution < -0.4 is 4.72 Å². The summed E-state index contributed by atoms with van der Waals surface area (Å²) < 4.78 is 33.6. The van der Waals surface area contributed by atoms with Crippen LogP contribution in [0.25, 0.3) is 16.2 Å². The van der Waals surface area contributed by atoms with Crippen molar-refractivity contribution in [2.24, 2.45) is 0 Å². The van der Waals surface area contributed by atoms with Gasteiger partial charge in [-0.15, -0.1) is 0 Å². The van der Waals surface area contributed by atoms with Crippen LogP contribution in [0, 0.1) is 6.92 Å². The highest BCUT2D eigenvalue weighted by atomic mass is 32.2. The van der Waals surface area contributed by atoms with Gasteiger partial charge in [-0.3, -0.25) is 4.72 Å². The van der Waals surface area contributed by atoms with E-state index in [1.807, 2.05) is 6.92 Å². The molecule has 2 heterocycles. The first-order valence-electron chi connectivity index (χ1n) is 10.3. The van der Waals surface area contributed by atoms with Gasteiger partial charge in [-0.25, -0.2) is 9.50 Å². The lowest BCUT2D eigenvalue weighted by molar-refractivity contribution is 0.0773. The molecular formula is C21H29F2N4OPS2. The van der Waals surface area contributed by atoms with Crippen molar-refractivity contribution < 1.29 is 13.9 Å². The molecule has 3 aromatic rings. The molecule has 31 heavy (non-hydrogen) atoms. The van der Waals surface area contributed by atoms with Crippen molar-refractivity contribution in [3.05, 3.63) is 34.5 Å². The van der Waals surface area contributed by atoms with Crippen LogP contribution in [0.2, 0.25) is 0 Å². The first-order valence-corrected chi connectivity index (χ1v) is 12.5. The van der Waals surface area contributed by atoms with Crippen molar-refractivity contribution in [2.75, 3.05) is 0 Å². The van der Waals surface area contributed by atoms with Crippen LogP contribution in [0.1, 0.15) is 63.2 Å². The fraction of sp³-hybridized carbons (Fsp3) is 0.524. The van der Waals surface area contributed by atoms with Gasteiger partial charge in [0.2, 0.25) is 4.96 Å². The maximum Gasteiger partial charge on any atom is 0.284 e. The molecule has 2 N–H and O–H groups in total. The second kappa shape index (κ2) is 9.40. The third-order valence-corrected chi connectivity index (χ3v) is 7.52. The second-order valence-corrected chi connectivity index (χ2v) is 10.7. The molecule has 10 heteroatoms. The molecule has 5 nitrogen and oxygen atoms in total. The number of fused-ring (bicyclic) bond motifs is 1. The fourth-order valence-electron chi connectivity index (χ4n) is 3.30. The fourth-order valence-corrected chi connectivity index (χ4v) is 5.68. The minimum atomic E-state index is -3.04. The molecule has 0 aliphatic rings. The smallest absolute Gasteiger partial charge is 0.284 e. The normalized spacial score (nSPS) is 13.8. The molecule has 0 aliphatic heterocycles. The predicted octanol–water partition coefficient (Wildman–Crippen LogP) is 6.09. The number of alkyl halides is 2. The molecule has 3 rings (SSSR count). The van der Waals surface area contributed by atoms with Gasteiger partial charge in [0.15, 0.2) is 0 Å². The molecule has 2 atom stereocenters. The number of nitrogens with zero attached hydrogens (tertiary/aromatic N) is 3.